The first-order valence-corrected chi connectivity index (χ1v) is 21.3. The monoisotopic (exact) mass is 821 g/mol. The van der Waals surface area contributed by atoms with Gasteiger partial charge in [0.15, 0.2) is 28.7 Å². The normalized spacial score (nSPS) is 12.2. The molecule has 0 radical (unpaired) electrons. The molecular weight excluding hydrogens is 787 g/mol. The average Bonchev–Trinajstić information content (AvgIpc) is 3.92. The van der Waals surface area contributed by atoms with Crippen LogP contribution in [0.1, 0.15) is 0 Å². The summed E-state index contributed by atoms with van der Waals surface area (Å²) in [5.41, 5.74) is 12.7. The molecule has 1 aliphatic rings. The van der Waals surface area contributed by atoms with E-state index in [4.69, 9.17) is 24.1 Å². The van der Waals surface area contributed by atoms with Crippen molar-refractivity contribution in [3.05, 3.63) is 212 Å². The Morgan fingerprint density at radius 3 is 1.70 bits per heavy atom. The first-order valence-electron chi connectivity index (χ1n) is 21.3. The second-order valence-electron chi connectivity index (χ2n) is 16.0. The van der Waals surface area contributed by atoms with Crippen LogP contribution in [0.5, 0.6) is 11.5 Å². The highest BCUT2D eigenvalue weighted by Gasteiger charge is 2.29. The topological polar surface area (TPSA) is 69.2 Å². The summed E-state index contributed by atoms with van der Waals surface area (Å²) in [4.78, 5) is 17.5. The van der Waals surface area contributed by atoms with Crippen molar-refractivity contribution in [2.75, 3.05) is 4.90 Å². The van der Waals surface area contributed by atoms with Crippen molar-refractivity contribution in [3.63, 3.8) is 0 Å². The summed E-state index contributed by atoms with van der Waals surface area (Å²) >= 11 is 0. The number of hydrogen-bond donors (Lipinski definition) is 0. The van der Waals surface area contributed by atoms with Crippen molar-refractivity contribution in [2.45, 2.75) is 0 Å². The molecule has 0 N–H and O–H groups in total. The quantitative estimate of drug-likeness (QED) is 0.166. The molecule has 1 aliphatic heterocycles. The predicted molar refractivity (Wildman–Crippen MR) is 258 cm³/mol. The molecule has 0 amide bonds. The van der Waals surface area contributed by atoms with Crippen LogP contribution in [-0.2, 0) is 0 Å². The number of benzene rings is 9. The van der Waals surface area contributed by atoms with Gasteiger partial charge in [0.2, 0.25) is 5.95 Å². The number of fused-ring (bicyclic) bond motifs is 8. The SMILES string of the molecule is c1ccc(-c2nc(-c3ccccc3)nc(-n3c4ccccc4c4ccc(-c5cccc(-c6ccc7c(c6)Oc6ccccc6N7c6cccc7c6oc6ccccc67)c5)cc43)n2)cc1. The van der Waals surface area contributed by atoms with Gasteiger partial charge in [-0.1, -0.05) is 158 Å². The molecule has 0 aliphatic carbocycles. The third-order valence-corrected chi connectivity index (χ3v) is 12.2. The Morgan fingerprint density at radius 2 is 0.906 bits per heavy atom. The van der Waals surface area contributed by atoms with Gasteiger partial charge in [0.05, 0.1) is 28.1 Å². The largest absolute Gasteiger partial charge is 0.454 e. The molecule has 0 saturated heterocycles. The lowest BCUT2D eigenvalue weighted by atomic mass is 9.97. The van der Waals surface area contributed by atoms with Gasteiger partial charge in [0, 0.05) is 32.7 Å². The van der Waals surface area contributed by atoms with Crippen molar-refractivity contribution in [1.82, 2.24) is 19.5 Å². The van der Waals surface area contributed by atoms with Crippen molar-refractivity contribution < 1.29 is 9.15 Å². The van der Waals surface area contributed by atoms with Gasteiger partial charge in [-0.05, 0) is 76.9 Å². The van der Waals surface area contributed by atoms with Crippen LogP contribution in [-0.4, -0.2) is 19.5 Å². The van der Waals surface area contributed by atoms with E-state index >= 15 is 0 Å². The number of para-hydroxylation sites is 5. The van der Waals surface area contributed by atoms with Crippen molar-refractivity contribution in [1.29, 1.82) is 0 Å². The lowest BCUT2D eigenvalue weighted by Gasteiger charge is -2.33. The summed E-state index contributed by atoms with van der Waals surface area (Å²) in [7, 11) is 0. The van der Waals surface area contributed by atoms with Crippen molar-refractivity contribution in [3.8, 4) is 62.5 Å². The minimum atomic E-state index is 0.561. The number of aromatic nitrogens is 4. The van der Waals surface area contributed by atoms with E-state index in [2.05, 4.69) is 131 Å². The molecule has 64 heavy (non-hydrogen) atoms. The molecule has 0 atom stereocenters. The molecule has 0 fully saturated rings. The van der Waals surface area contributed by atoms with Crippen LogP contribution in [0, 0.1) is 0 Å². The number of ether oxygens (including phenoxy) is 1. The van der Waals surface area contributed by atoms with Gasteiger partial charge in [0.1, 0.15) is 5.58 Å². The van der Waals surface area contributed by atoms with E-state index in [-0.39, 0.29) is 0 Å². The predicted octanol–water partition coefficient (Wildman–Crippen LogP) is 15.1. The van der Waals surface area contributed by atoms with Crippen LogP contribution in [0.3, 0.4) is 0 Å². The standard InChI is InChI=1S/C57H35N5O2/c1-3-15-36(16-4-1)55-58-56(37-17-5-2-6-18-37)60-57(59-55)62-46-24-9-7-21-42(46)43-31-29-40(34-50(43)62)38-19-13-20-39(33-38)41-30-32-48-53(35-41)63-52-28-12-10-25-47(52)61(48)49-26-14-23-45-44-22-8-11-27-51(44)64-54(45)49/h1-35H. The summed E-state index contributed by atoms with van der Waals surface area (Å²) in [6.07, 6.45) is 0. The molecular formula is C57H35N5O2. The summed E-state index contributed by atoms with van der Waals surface area (Å²) in [6.45, 7) is 0. The second-order valence-corrected chi connectivity index (χ2v) is 16.0. The molecule has 300 valence electrons. The third-order valence-electron chi connectivity index (χ3n) is 12.2. The molecule has 12 aromatic rings. The summed E-state index contributed by atoms with van der Waals surface area (Å²) < 4.78 is 15.4. The maximum atomic E-state index is 6.69. The molecule has 3 aromatic heterocycles. The van der Waals surface area contributed by atoms with E-state index in [1.807, 2.05) is 91.0 Å². The van der Waals surface area contributed by atoms with E-state index in [9.17, 15) is 0 Å². The van der Waals surface area contributed by atoms with Crippen LogP contribution in [0.2, 0.25) is 0 Å². The van der Waals surface area contributed by atoms with Gasteiger partial charge < -0.3 is 9.15 Å². The van der Waals surface area contributed by atoms with Gasteiger partial charge in [-0.15, -0.1) is 0 Å². The molecule has 0 unspecified atom stereocenters. The van der Waals surface area contributed by atoms with E-state index < -0.39 is 0 Å². The van der Waals surface area contributed by atoms with Crippen LogP contribution in [0.4, 0.5) is 17.1 Å². The average molecular weight is 822 g/mol. The van der Waals surface area contributed by atoms with E-state index in [1.54, 1.807) is 0 Å². The summed E-state index contributed by atoms with van der Waals surface area (Å²) in [6, 6.07) is 73.3. The fourth-order valence-electron chi connectivity index (χ4n) is 9.25. The molecule has 7 heteroatoms. The van der Waals surface area contributed by atoms with Crippen LogP contribution in [0.15, 0.2) is 217 Å². The molecule has 0 bridgehead atoms. The van der Waals surface area contributed by atoms with Gasteiger partial charge in [-0.3, -0.25) is 9.47 Å². The highest BCUT2D eigenvalue weighted by molar-refractivity contribution is 6.11. The van der Waals surface area contributed by atoms with Crippen LogP contribution < -0.4 is 9.64 Å². The molecule has 9 aromatic carbocycles. The van der Waals surface area contributed by atoms with Crippen molar-refractivity contribution >= 4 is 60.8 Å². The molecule has 0 saturated carbocycles. The van der Waals surface area contributed by atoms with E-state index in [0.717, 1.165) is 106 Å². The first-order chi connectivity index (χ1) is 31.7. The molecule has 4 heterocycles. The molecule has 0 spiro atoms. The zero-order valence-electron chi connectivity index (χ0n) is 34.3. The molecule has 7 nitrogen and oxygen atoms in total. The van der Waals surface area contributed by atoms with E-state index in [0.29, 0.717) is 17.6 Å². The Kier molecular flexibility index (Phi) is 8.08. The Morgan fingerprint density at radius 1 is 0.344 bits per heavy atom. The third kappa shape index (κ3) is 5.79. The summed E-state index contributed by atoms with van der Waals surface area (Å²) in [5, 5.41) is 4.42. The minimum absolute atomic E-state index is 0.561. The summed E-state index contributed by atoms with van der Waals surface area (Å²) in [5.74, 6) is 3.34. The van der Waals surface area contributed by atoms with E-state index in [1.165, 1.54) is 0 Å². The Balaban J connectivity index is 0.926. The van der Waals surface area contributed by atoms with Gasteiger partial charge >= 0.3 is 0 Å². The zero-order valence-corrected chi connectivity index (χ0v) is 34.3. The highest BCUT2D eigenvalue weighted by Crippen LogP contribution is 2.53. The minimum Gasteiger partial charge on any atom is -0.454 e. The number of nitrogens with zero attached hydrogens (tertiary/aromatic N) is 5. The van der Waals surface area contributed by atoms with Crippen LogP contribution in [0.25, 0.3) is 94.7 Å². The maximum Gasteiger partial charge on any atom is 0.238 e. The fraction of sp³-hybridized carbons (Fsp3) is 0. The highest BCUT2D eigenvalue weighted by atomic mass is 16.5. The Hall–Kier alpha value is -8.81. The smallest absolute Gasteiger partial charge is 0.238 e. The fourth-order valence-corrected chi connectivity index (χ4v) is 9.25. The Bertz CT molecular complexity index is 3720. The zero-order chi connectivity index (χ0) is 42.1. The lowest BCUT2D eigenvalue weighted by molar-refractivity contribution is 0.477. The van der Waals surface area contributed by atoms with Gasteiger partial charge in [-0.2, -0.15) is 9.97 Å². The van der Waals surface area contributed by atoms with Gasteiger partial charge in [-0.25, -0.2) is 4.98 Å². The number of rotatable bonds is 6. The number of furan rings is 1. The number of hydrogen-bond acceptors (Lipinski definition) is 6. The lowest BCUT2D eigenvalue weighted by Crippen LogP contribution is -2.16. The van der Waals surface area contributed by atoms with Crippen LogP contribution >= 0.6 is 0 Å². The first kappa shape index (κ1) is 35.9. The van der Waals surface area contributed by atoms with Gasteiger partial charge in [0.25, 0.3) is 0 Å². The maximum absolute atomic E-state index is 6.69. The second kappa shape index (κ2) is 14.4. The number of anilines is 3. The Labute approximate surface area is 367 Å². The van der Waals surface area contributed by atoms with Crippen molar-refractivity contribution in [2.24, 2.45) is 0 Å². The molecule has 13 rings (SSSR count).